The third-order valence-electron chi connectivity index (χ3n) is 4.15. The fourth-order valence-electron chi connectivity index (χ4n) is 2.56. The van der Waals surface area contributed by atoms with Crippen molar-refractivity contribution in [1.82, 2.24) is 15.6 Å². The maximum absolute atomic E-state index is 13.3. The first-order valence-electron chi connectivity index (χ1n) is 9.11. The van der Waals surface area contributed by atoms with Crippen molar-refractivity contribution in [2.24, 2.45) is 11.1 Å². The van der Waals surface area contributed by atoms with Crippen LogP contribution in [0.3, 0.4) is 0 Å². The van der Waals surface area contributed by atoms with Crippen LogP contribution in [0.4, 0.5) is 29.1 Å². The number of nitrogens with zero attached hydrogens (tertiary/aromatic N) is 3. The monoisotopic (exact) mass is 540 g/mol. The summed E-state index contributed by atoms with van der Waals surface area (Å²) in [5.41, 5.74) is 0.452. The molecule has 1 aliphatic heterocycles. The molecule has 11 nitrogen and oxygen atoms in total. The van der Waals surface area contributed by atoms with E-state index in [1.807, 2.05) is 0 Å². The average molecular weight is 541 g/mol. The van der Waals surface area contributed by atoms with E-state index >= 15 is 0 Å². The number of benzene rings is 1. The third kappa shape index (κ3) is 7.67. The molecular weight excluding hydrogens is 524 g/mol. The number of amidine groups is 1. The lowest BCUT2D eigenvalue weighted by Gasteiger charge is -2.21. The molecule has 2 heterocycles. The lowest BCUT2D eigenvalue weighted by atomic mass is 9.99. The van der Waals surface area contributed by atoms with Gasteiger partial charge in [-0.05, 0) is 63.8 Å². The Hall–Kier alpha value is -3.27. The number of alkyl halides is 3. The second kappa shape index (κ2) is 11.6. The molecule has 1 saturated heterocycles. The van der Waals surface area contributed by atoms with Gasteiger partial charge in [0.05, 0.1) is 10.4 Å². The minimum atomic E-state index is -5.08. The lowest BCUT2D eigenvalue weighted by Crippen LogP contribution is -2.37. The molecular formula is C17H17BrF4N6O5. The van der Waals surface area contributed by atoms with Crippen LogP contribution in [0.2, 0.25) is 0 Å². The van der Waals surface area contributed by atoms with Gasteiger partial charge in [-0.1, -0.05) is 5.16 Å². The van der Waals surface area contributed by atoms with E-state index in [0.29, 0.717) is 12.2 Å². The van der Waals surface area contributed by atoms with Gasteiger partial charge in [-0.15, -0.1) is 0 Å². The Balaban J connectivity index is 0.000000479. The number of carbonyl (C=O) groups is 2. The molecule has 180 valence electrons. The maximum Gasteiger partial charge on any atom is 0.490 e. The highest BCUT2D eigenvalue weighted by Crippen LogP contribution is 2.22. The summed E-state index contributed by atoms with van der Waals surface area (Å²) in [7, 11) is 0. The van der Waals surface area contributed by atoms with Crippen LogP contribution in [0.15, 0.2) is 32.5 Å². The van der Waals surface area contributed by atoms with Gasteiger partial charge in [0, 0.05) is 12.2 Å². The molecule has 1 fully saturated rings. The number of anilines is 2. The van der Waals surface area contributed by atoms with Crippen LogP contribution in [0, 0.1) is 11.7 Å². The number of oxime groups is 1. The Bertz CT molecular complexity index is 1010. The van der Waals surface area contributed by atoms with E-state index in [4.69, 9.17) is 9.90 Å². The SMILES string of the molecule is O=C(Nc1nonc1/C(=N\O)Nc1ccc(F)c(Br)c1)C1CCCNC1.O=C(O)C(F)(F)F. The normalized spacial score (nSPS) is 16.4. The molecule has 0 saturated carbocycles. The molecule has 2 aromatic rings. The Kier molecular flexibility index (Phi) is 9.10. The molecule has 1 atom stereocenters. The first-order chi connectivity index (χ1) is 15.5. The topological polar surface area (TPSA) is 162 Å². The first kappa shape index (κ1) is 26.0. The summed E-state index contributed by atoms with van der Waals surface area (Å²) in [4.78, 5) is 21.2. The molecule has 5 N–H and O–H groups in total. The number of halogens is 5. The number of hydrogen-bond acceptors (Lipinski definition) is 8. The van der Waals surface area contributed by atoms with Crippen molar-refractivity contribution in [3.8, 4) is 0 Å². The predicted molar refractivity (Wildman–Crippen MR) is 108 cm³/mol. The molecule has 1 amide bonds. The maximum atomic E-state index is 13.3. The van der Waals surface area contributed by atoms with E-state index in [1.165, 1.54) is 18.2 Å². The number of carbonyl (C=O) groups excluding carboxylic acids is 1. The van der Waals surface area contributed by atoms with Gasteiger partial charge in [0.1, 0.15) is 5.82 Å². The van der Waals surface area contributed by atoms with Gasteiger partial charge in [0.15, 0.2) is 5.69 Å². The molecule has 3 rings (SSSR count). The molecule has 0 radical (unpaired) electrons. The molecule has 33 heavy (non-hydrogen) atoms. The van der Waals surface area contributed by atoms with Crippen molar-refractivity contribution in [2.45, 2.75) is 19.0 Å². The van der Waals surface area contributed by atoms with Gasteiger partial charge in [0.25, 0.3) is 0 Å². The van der Waals surface area contributed by atoms with Crippen molar-refractivity contribution >= 4 is 45.1 Å². The van der Waals surface area contributed by atoms with Crippen LogP contribution in [-0.2, 0) is 9.59 Å². The number of carboxylic acids is 1. The number of rotatable bonds is 4. The quantitative estimate of drug-likeness (QED) is 0.129. The van der Waals surface area contributed by atoms with Gasteiger partial charge in [-0.2, -0.15) is 13.2 Å². The summed E-state index contributed by atoms with van der Waals surface area (Å²) >= 11 is 3.07. The van der Waals surface area contributed by atoms with Crippen molar-refractivity contribution in [2.75, 3.05) is 23.7 Å². The van der Waals surface area contributed by atoms with E-state index in [1.54, 1.807) is 0 Å². The Morgan fingerprint density at radius 2 is 1.97 bits per heavy atom. The third-order valence-corrected chi connectivity index (χ3v) is 4.75. The Labute approximate surface area is 191 Å². The van der Waals surface area contributed by atoms with Crippen LogP contribution in [0.5, 0.6) is 0 Å². The number of aliphatic carboxylic acids is 1. The zero-order chi connectivity index (χ0) is 24.6. The zero-order valence-corrected chi connectivity index (χ0v) is 18.1. The van der Waals surface area contributed by atoms with Gasteiger partial charge in [-0.3, -0.25) is 4.79 Å². The molecule has 1 aliphatic rings. The Morgan fingerprint density at radius 1 is 1.27 bits per heavy atom. The highest BCUT2D eigenvalue weighted by atomic mass is 79.9. The van der Waals surface area contributed by atoms with Gasteiger partial charge < -0.3 is 26.3 Å². The highest BCUT2D eigenvalue weighted by molar-refractivity contribution is 9.10. The van der Waals surface area contributed by atoms with Crippen molar-refractivity contribution in [1.29, 1.82) is 0 Å². The van der Waals surface area contributed by atoms with Crippen LogP contribution < -0.4 is 16.0 Å². The summed E-state index contributed by atoms with van der Waals surface area (Å²) in [5, 5.41) is 35.4. The molecule has 1 aromatic heterocycles. The lowest BCUT2D eigenvalue weighted by molar-refractivity contribution is -0.192. The van der Waals surface area contributed by atoms with E-state index in [-0.39, 0.29) is 33.6 Å². The highest BCUT2D eigenvalue weighted by Gasteiger charge is 2.38. The Morgan fingerprint density at radius 3 is 2.52 bits per heavy atom. The molecule has 16 heteroatoms. The minimum absolute atomic E-state index is 0.0186. The summed E-state index contributed by atoms with van der Waals surface area (Å²) < 4.78 is 50.0. The van der Waals surface area contributed by atoms with E-state index in [2.05, 4.69) is 52.0 Å². The summed E-state index contributed by atoms with van der Waals surface area (Å²) in [5.74, 6) is -3.69. The average Bonchev–Trinajstić information content (AvgIpc) is 3.22. The van der Waals surface area contributed by atoms with E-state index in [0.717, 1.165) is 19.4 Å². The molecule has 0 spiro atoms. The second-order valence-corrected chi connectivity index (χ2v) is 7.35. The van der Waals surface area contributed by atoms with Crippen LogP contribution in [0.1, 0.15) is 18.5 Å². The van der Waals surface area contributed by atoms with Crippen molar-refractivity contribution in [3.05, 3.63) is 34.2 Å². The van der Waals surface area contributed by atoms with Crippen LogP contribution >= 0.6 is 15.9 Å². The van der Waals surface area contributed by atoms with E-state index in [9.17, 15) is 27.6 Å². The standard InChI is InChI=1S/C15H16BrFN6O3.C2HF3O2/c16-10-6-9(3-4-11(10)17)19-13(21-25)12-14(23-26-22-12)20-15(24)8-2-1-5-18-7-8;3-2(4,5)1(6)7/h3-4,6,8,18,25H,1-2,5,7H2,(H,19,21)(H,20,23,24);(H,6,7). The fraction of sp³-hybridized carbons (Fsp3) is 0.353. The van der Waals surface area contributed by atoms with Crippen molar-refractivity contribution in [3.63, 3.8) is 0 Å². The number of piperidine rings is 1. The first-order valence-corrected chi connectivity index (χ1v) is 9.91. The number of aromatic nitrogens is 2. The molecule has 1 unspecified atom stereocenters. The zero-order valence-electron chi connectivity index (χ0n) is 16.5. The van der Waals surface area contributed by atoms with Crippen molar-refractivity contribution < 1.29 is 42.1 Å². The number of amides is 1. The second-order valence-electron chi connectivity index (χ2n) is 6.50. The smallest absolute Gasteiger partial charge is 0.475 e. The van der Waals surface area contributed by atoms with Gasteiger partial charge >= 0.3 is 12.1 Å². The van der Waals surface area contributed by atoms with Crippen LogP contribution in [-0.4, -0.2) is 57.6 Å². The molecule has 0 bridgehead atoms. The summed E-state index contributed by atoms with van der Waals surface area (Å²) in [6, 6.07) is 4.14. The van der Waals surface area contributed by atoms with Crippen LogP contribution in [0.25, 0.3) is 0 Å². The molecule has 0 aliphatic carbocycles. The number of nitrogens with one attached hydrogen (secondary N) is 3. The minimum Gasteiger partial charge on any atom is -0.475 e. The molecule has 1 aromatic carbocycles. The summed E-state index contributed by atoms with van der Waals surface area (Å²) in [6.45, 7) is 1.47. The fourth-order valence-corrected chi connectivity index (χ4v) is 2.94. The number of hydrogen-bond donors (Lipinski definition) is 5. The van der Waals surface area contributed by atoms with E-state index < -0.39 is 18.0 Å². The number of carboxylic acid groups (broad SMARTS) is 1. The van der Waals surface area contributed by atoms with Gasteiger partial charge in [-0.25, -0.2) is 13.8 Å². The predicted octanol–water partition coefficient (Wildman–Crippen LogP) is 2.79. The van der Waals surface area contributed by atoms with Gasteiger partial charge in [0.2, 0.25) is 17.6 Å². The summed E-state index contributed by atoms with van der Waals surface area (Å²) in [6.07, 6.45) is -3.41. The largest absolute Gasteiger partial charge is 0.490 e.